The van der Waals surface area contributed by atoms with Gasteiger partial charge in [-0.1, -0.05) is 42.1 Å². The van der Waals surface area contributed by atoms with Crippen LogP contribution in [0.2, 0.25) is 0 Å². The number of likely N-dealkylation sites (tertiary alicyclic amines) is 1. The molecule has 2 aliphatic rings. The molecule has 5 heteroatoms. The fourth-order valence-electron chi connectivity index (χ4n) is 4.81. The van der Waals surface area contributed by atoms with E-state index in [0.29, 0.717) is 6.42 Å². The first-order chi connectivity index (χ1) is 14.7. The Balaban J connectivity index is 1.20. The predicted octanol–water partition coefficient (Wildman–Crippen LogP) is 4.71. The molecule has 0 aliphatic carbocycles. The molecule has 1 aromatic heterocycles. The molecule has 2 aromatic carbocycles. The van der Waals surface area contributed by atoms with Crippen molar-refractivity contribution in [3.05, 3.63) is 72.1 Å². The number of aromatic nitrogens is 1. The largest absolute Gasteiger partial charge is 0.356 e. The molecule has 0 spiro atoms. The molecule has 3 heterocycles. The molecule has 5 rings (SSSR count). The molecule has 0 atom stereocenters. The van der Waals surface area contributed by atoms with Gasteiger partial charge in [0.1, 0.15) is 0 Å². The van der Waals surface area contributed by atoms with Crippen molar-refractivity contribution in [3.63, 3.8) is 0 Å². The molecular weight excluding hydrogens is 374 g/mol. The minimum absolute atomic E-state index is 0.0597. The molecule has 1 fully saturated rings. The van der Waals surface area contributed by atoms with Gasteiger partial charge in [0.15, 0.2) is 5.58 Å². The molecule has 5 nitrogen and oxygen atoms in total. The second-order valence-electron chi connectivity index (χ2n) is 8.47. The van der Waals surface area contributed by atoms with Crippen LogP contribution in [0.3, 0.4) is 0 Å². The minimum atomic E-state index is 0.0597. The zero-order chi connectivity index (χ0) is 20.5. The Morgan fingerprint density at radius 2 is 1.97 bits per heavy atom. The van der Waals surface area contributed by atoms with Crippen LogP contribution in [0.5, 0.6) is 0 Å². The molecule has 2 aliphatic heterocycles. The maximum absolute atomic E-state index is 12.1. The van der Waals surface area contributed by atoms with E-state index >= 15 is 0 Å². The minimum Gasteiger partial charge on any atom is -0.356 e. The summed E-state index contributed by atoms with van der Waals surface area (Å²) in [7, 11) is 0. The molecule has 0 N–H and O–H groups in total. The molecule has 3 aromatic rings. The third kappa shape index (κ3) is 3.65. The fraction of sp³-hybridized carbons (Fsp3) is 0.360. The molecule has 1 saturated heterocycles. The highest BCUT2D eigenvalue weighted by atomic mass is 16.5. The zero-order valence-corrected chi connectivity index (χ0v) is 17.2. The van der Waals surface area contributed by atoms with Crippen molar-refractivity contribution in [1.82, 2.24) is 10.1 Å². The van der Waals surface area contributed by atoms with Crippen LogP contribution in [-0.4, -0.2) is 29.1 Å². The van der Waals surface area contributed by atoms with Crippen LogP contribution in [0.1, 0.15) is 36.1 Å². The number of aryl methyl sites for hydroxylation is 1. The smallest absolute Gasteiger partial charge is 0.235 e. The summed E-state index contributed by atoms with van der Waals surface area (Å²) in [5, 5.41) is 5.40. The van der Waals surface area contributed by atoms with Gasteiger partial charge < -0.3 is 4.52 Å². The first-order valence-corrected chi connectivity index (χ1v) is 10.8. The van der Waals surface area contributed by atoms with E-state index in [-0.39, 0.29) is 5.91 Å². The van der Waals surface area contributed by atoms with E-state index in [2.05, 4.69) is 53.0 Å². The molecule has 0 radical (unpaired) electrons. The average Bonchev–Trinajstić information content (AvgIpc) is 3.31. The van der Waals surface area contributed by atoms with Crippen LogP contribution in [0, 0.1) is 5.92 Å². The number of hydrogen-bond acceptors (Lipinski definition) is 4. The number of hydrogen-bond donors (Lipinski definition) is 0. The van der Waals surface area contributed by atoms with E-state index < -0.39 is 0 Å². The summed E-state index contributed by atoms with van der Waals surface area (Å²) in [5.41, 5.74) is 5.07. The number of nitrogens with zero attached hydrogens (tertiary/aromatic N) is 3. The molecule has 1 amide bonds. The van der Waals surface area contributed by atoms with Crippen molar-refractivity contribution in [2.45, 2.75) is 38.6 Å². The highest BCUT2D eigenvalue weighted by molar-refractivity contribution is 6.05. The van der Waals surface area contributed by atoms with E-state index in [1.807, 2.05) is 6.07 Å². The molecule has 0 bridgehead atoms. The summed E-state index contributed by atoms with van der Waals surface area (Å²) in [6.45, 7) is 7.11. The summed E-state index contributed by atoms with van der Waals surface area (Å²) in [5.74, 6) is 0.792. The number of rotatable bonds is 6. The lowest BCUT2D eigenvalue weighted by molar-refractivity contribution is -0.116. The summed E-state index contributed by atoms with van der Waals surface area (Å²) in [6.07, 6.45) is 6.52. The SMILES string of the molecule is C=CN1C(=O)Cc2cc3c(CCC4CCN(Cc5ccccc5)CC4)noc3cc21. The van der Waals surface area contributed by atoms with Gasteiger partial charge in [-0.05, 0) is 61.9 Å². The van der Waals surface area contributed by atoms with Gasteiger partial charge in [-0.2, -0.15) is 0 Å². The molecule has 0 unspecified atom stereocenters. The van der Waals surface area contributed by atoms with Gasteiger partial charge in [0, 0.05) is 24.2 Å². The van der Waals surface area contributed by atoms with Crippen molar-refractivity contribution in [3.8, 4) is 0 Å². The van der Waals surface area contributed by atoms with Crippen LogP contribution in [0.15, 0.2) is 59.8 Å². The Morgan fingerprint density at radius 1 is 1.17 bits per heavy atom. The normalized spacial score (nSPS) is 17.6. The average molecular weight is 402 g/mol. The first-order valence-electron chi connectivity index (χ1n) is 10.8. The van der Waals surface area contributed by atoms with Crippen molar-refractivity contribution >= 4 is 22.6 Å². The van der Waals surface area contributed by atoms with Gasteiger partial charge in [0.25, 0.3) is 0 Å². The molecule has 0 saturated carbocycles. The number of amides is 1. The third-order valence-electron chi connectivity index (χ3n) is 6.54. The topological polar surface area (TPSA) is 49.6 Å². The van der Waals surface area contributed by atoms with Crippen molar-refractivity contribution in [2.24, 2.45) is 5.92 Å². The maximum Gasteiger partial charge on any atom is 0.235 e. The summed E-state index contributed by atoms with van der Waals surface area (Å²) in [6, 6.07) is 14.7. The van der Waals surface area contributed by atoms with Crippen molar-refractivity contribution < 1.29 is 9.32 Å². The van der Waals surface area contributed by atoms with Gasteiger partial charge in [0.2, 0.25) is 5.91 Å². The maximum atomic E-state index is 12.1. The summed E-state index contributed by atoms with van der Waals surface area (Å²) >= 11 is 0. The third-order valence-corrected chi connectivity index (χ3v) is 6.54. The quantitative estimate of drug-likeness (QED) is 0.600. The second-order valence-corrected chi connectivity index (χ2v) is 8.47. The van der Waals surface area contributed by atoms with E-state index in [4.69, 9.17) is 4.52 Å². The summed E-state index contributed by atoms with van der Waals surface area (Å²) in [4.78, 5) is 16.3. The van der Waals surface area contributed by atoms with E-state index in [0.717, 1.165) is 66.3 Å². The van der Waals surface area contributed by atoms with Crippen LogP contribution >= 0.6 is 0 Å². The van der Waals surface area contributed by atoms with Gasteiger partial charge in [-0.25, -0.2) is 0 Å². The second kappa shape index (κ2) is 8.07. The van der Waals surface area contributed by atoms with Crippen molar-refractivity contribution in [2.75, 3.05) is 18.0 Å². The van der Waals surface area contributed by atoms with Gasteiger partial charge in [0.05, 0.1) is 17.8 Å². The fourth-order valence-corrected chi connectivity index (χ4v) is 4.81. The highest BCUT2D eigenvalue weighted by Gasteiger charge is 2.27. The summed E-state index contributed by atoms with van der Waals surface area (Å²) < 4.78 is 5.60. The number of benzene rings is 2. The molecule has 154 valence electrons. The van der Waals surface area contributed by atoms with Crippen LogP contribution in [0.25, 0.3) is 11.0 Å². The van der Waals surface area contributed by atoms with Crippen LogP contribution < -0.4 is 4.90 Å². The Bertz CT molecular complexity index is 1060. The van der Waals surface area contributed by atoms with E-state index in [1.54, 1.807) is 11.1 Å². The lowest BCUT2D eigenvalue weighted by atomic mass is 9.91. The standard InChI is InChI=1S/C25H27N3O2/c1-2-28-23-16-24-21(14-20(23)15-25(28)29)22(26-30-24)9-8-18-10-12-27(13-11-18)17-19-6-4-3-5-7-19/h2-7,14,16,18H,1,8-13,15,17H2. The number of piperidine rings is 1. The number of carbonyl (C=O) groups is 1. The Hall–Kier alpha value is -2.92. The Morgan fingerprint density at radius 3 is 2.73 bits per heavy atom. The molecule has 30 heavy (non-hydrogen) atoms. The number of anilines is 1. The van der Waals surface area contributed by atoms with Gasteiger partial charge in [-0.15, -0.1) is 0 Å². The lowest BCUT2D eigenvalue weighted by Crippen LogP contribution is -2.33. The highest BCUT2D eigenvalue weighted by Crippen LogP contribution is 2.35. The predicted molar refractivity (Wildman–Crippen MR) is 118 cm³/mol. The van der Waals surface area contributed by atoms with Gasteiger partial charge >= 0.3 is 0 Å². The van der Waals surface area contributed by atoms with Gasteiger partial charge in [-0.3, -0.25) is 14.6 Å². The Kier molecular flexibility index (Phi) is 5.13. The zero-order valence-electron chi connectivity index (χ0n) is 17.2. The number of carbonyl (C=O) groups excluding carboxylic acids is 1. The Labute approximate surface area is 176 Å². The van der Waals surface area contributed by atoms with Crippen molar-refractivity contribution in [1.29, 1.82) is 0 Å². The van der Waals surface area contributed by atoms with Crippen LogP contribution in [0.4, 0.5) is 5.69 Å². The van der Waals surface area contributed by atoms with E-state index in [1.165, 1.54) is 18.4 Å². The molecular formula is C25H27N3O2. The monoisotopic (exact) mass is 401 g/mol. The number of fused-ring (bicyclic) bond motifs is 2. The van der Waals surface area contributed by atoms with Crippen LogP contribution in [-0.2, 0) is 24.2 Å². The first kappa shape index (κ1) is 19.1. The lowest BCUT2D eigenvalue weighted by Gasteiger charge is -2.31. The van der Waals surface area contributed by atoms with E-state index in [9.17, 15) is 4.79 Å².